The van der Waals surface area contributed by atoms with Crippen LogP contribution in [0, 0.1) is 0 Å². The van der Waals surface area contributed by atoms with Crippen LogP contribution < -0.4 is 0 Å². The molecule has 0 N–H and O–H groups in total. The van der Waals surface area contributed by atoms with Crippen LogP contribution in [0.2, 0.25) is 0 Å². The molecule has 3 rings (SSSR count). The first-order valence-electron chi connectivity index (χ1n) is 8.57. The summed E-state index contributed by atoms with van der Waals surface area (Å²) < 4.78 is 31.2. The Morgan fingerprint density at radius 3 is 2.72 bits per heavy atom. The van der Waals surface area contributed by atoms with E-state index < -0.39 is 10.0 Å². The minimum absolute atomic E-state index is 0.00414. The Balaban J connectivity index is 1.56. The first-order valence-corrected chi connectivity index (χ1v) is 10.2. The molecule has 7 nitrogen and oxygen atoms in total. The van der Waals surface area contributed by atoms with Gasteiger partial charge in [-0.3, -0.25) is 4.79 Å². The fourth-order valence-electron chi connectivity index (χ4n) is 2.97. The molecule has 25 heavy (non-hydrogen) atoms. The summed E-state index contributed by atoms with van der Waals surface area (Å²) in [5.41, 5.74) is 2.30. The van der Waals surface area contributed by atoms with Gasteiger partial charge in [-0.15, -0.1) is 0 Å². The molecule has 8 heteroatoms. The summed E-state index contributed by atoms with van der Waals surface area (Å²) in [6.45, 7) is 3.60. The lowest BCUT2D eigenvalue weighted by atomic mass is 10.1. The lowest BCUT2D eigenvalue weighted by molar-refractivity contribution is -0.131. The molecule has 1 aromatic carbocycles. The summed E-state index contributed by atoms with van der Waals surface area (Å²) in [4.78, 5) is 18.3. The van der Waals surface area contributed by atoms with Gasteiger partial charge in [0.25, 0.3) is 0 Å². The topological polar surface area (TPSA) is 83.7 Å². The van der Waals surface area contributed by atoms with Crippen LogP contribution in [0.3, 0.4) is 0 Å². The van der Waals surface area contributed by atoms with Gasteiger partial charge in [-0.05, 0) is 24.1 Å². The molecule has 2 aromatic rings. The smallest absolute Gasteiger partial charge is 0.227 e. The van der Waals surface area contributed by atoms with Crippen molar-refractivity contribution in [3.63, 3.8) is 0 Å². The van der Waals surface area contributed by atoms with Crippen LogP contribution in [0.4, 0.5) is 0 Å². The third-order valence-electron chi connectivity index (χ3n) is 4.49. The van der Waals surface area contributed by atoms with Crippen LogP contribution in [-0.4, -0.2) is 60.4 Å². The van der Waals surface area contributed by atoms with E-state index >= 15 is 0 Å². The lowest BCUT2D eigenvalue weighted by Crippen LogP contribution is -2.51. The van der Waals surface area contributed by atoms with Crippen LogP contribution in [0.25, 0.3) is 11.1 Å². The maximum atomic E-state index is 12.5. The van der Waals surface area contributed by atoms with E-state index in [4.69, 9.17) is 4.42 Å². The zero-order valence-electron chi connectivity index (χ0n) is 14.3. The standard InChI is InChI=1S/C17H23N3O4S/c1-2-3-10-25(22,23)20-8-6-19(7-9-20)17(21)12-14-4-5-15-16(11-14)24-13-18-15/h4-5,11,13H,2-3,6-10,12H2,1H3. The summed E-state index contributed by atoms with van der Waals surface area (Å²) >= 11 is 0. The minimum atomic E-state index is -3.20. The molecular weight excluding hydrogens is 342 g/mol. The van der Waals surface area contributed by atoms with E-state index in [0.29, 0.717) is 38.2 Å². The fraction of sp³-hybridized carbons (Fsp3) is 0.529. The van der Waals surface area contributed by atoms with Crippen molar-refractivity contribution in [1.29, 1.82) is 0 Å². The molecule has 0 atom stereocenters. The van der Waals surface area contributed by atoms with Gasteiger partial charge < -0.3 is 9.32 Å². The molecule has 136 valence electrons. The number of carbonyl (C=O) groups excluding carboxylic acids is 1. The summed E-state index contributed by atoms with van der Waals surface area (Å²) in [6.07, 6.45) is 3.19. The van der Waals surface area contributed by atoms with Crippen molar-refractivity contribution in [1.82, 2.24) is 14.2 Å². The molecular formula is C17H23N3O4S. The van der Waals surface area contributed by atoms with E-state index in [9.17, 15) is 13.2 Å². The van der Waals surface area contributed by atoms with E-state index in [1.807, 2.05) is 25.1 Å². The Morgan fingerprint density at radius 2 is 2.00 bits per heavy atom. The molecule has 1 aliphatic heterocycles. The summed E-state index contributed by atoms with van der Waals surface area (Å²) in [6, 6.07) is 5.53. The van der Waals surface area contributed by atoms with Crippen molar-refractivity contribution < 1.29 is 17.6 Å². The Hall–Kier alpha value is -1.93. The first-order chi connectivity index (χ1) is 12.0. The molecule has 1 saturated heterocycles. The molecule has 0 aliphatic carbocycles. The number of oxazole rings is 1. The van der Waals surface area contributed by atoms with Crippen molar-refractivity contribution in [3.8, 4) is 0 Å². The third kappa shape index (κ3) is 4.19. The largest absolute Gasteiger partial charge is 0.443 e. The predicted octanol–water partition coefficient (Wildman–Crippen LogP) is 1.64. The van der Waals surface area contributed by atoms with Crippen LogP contribution in [0.1, 0.15) is 25.3 Å². The van der Waals surface area contributed by atoms with Gasteiger partial charge in [-0.1, -0.05) is 19.4 Å². The van der Waals surface area contributed by atoms with Crippen molar-refractivity contribution in [3.05, 3.63) is 30.2 Å². The minimum Gasteiger partial charge on any atom is -0.443 e. The lowest BCUT2D eigenvalue weighted by Gasteiger charge is -2.34. The molecule has 1 aliphatic rings. The Kier molecular flexibility index (Phi) is 5.39. The molecule has 1 fully saturated rings. The highest BCUT2D eigenvalue weighted by molar-refractivity contribution is 7.89. The highest BCUT2D eigenvalue weighted by Crippen LogP contribution is 2.16. The number of fused-ring (bicyclic) bond motifs is 1. The van der Waals surface area contributed by atoms with Gasteiger partial charge in [0.05, 0.1) is 12.2 Å². The predicted molar refractivity (Wildman–Crippen MR) is 94.6 cm³/mol. The molecule has 0 saturated carbocycles. The number of amides is 1. The molecule has 0 radical (unpaired) electrons. The van der Waals surface area contributed by atoms with Gasteiger partial charge >= 0.3 is 0 Å². The molecule has 0 unspecified atom stereocenters. The van der Waals surface area contributed by atoms with Crippen LogP contribution in [-0.2, 0) is 21.2 Å². The fourth-order valence-corrected chi connectivity index (χ4v) is 4.60. The van der Waals surface area contributed by atoms with Crippen molar-refractivity contribution >= 4 is 27.0 Å². The first kappa shape index (κ1) is 17.9. The molecule has 0 bridgehead atoms. The van der Waals surface area contributed by atoms with E-state index in [-0.39, 0.29) is 18.1 Å². The number of piperazine rings is 1. The molecule has 2 heterocycles. The number of nitrogens with zero attached hydrogens (tertiary/aromatic N) is 3. The van der Waals surface area contributed by atoms with Crippen LogP contribution in [0.15, 0.2) is 29.0 Å². The Bertz CT molecular complexity index is 838. The number of aromatic nitrogens is 1. The van der Waals surface area contributed by atoms with Gasteiger partial charge in [-0.25, -0.2) is 13.4 Å². The highest BCUT2D eigenvalue weighted by atomic mass is 32.2. The average Bonchev–Trinajstić information content (AvgIpc) is 3.08. The second kappa shape index (κ2) is 7.53. The number of benzene rings is 1. The van der Waals surface area contributed by atoms with Crippen molar-refractivity contribution in [2.45, 2.75) is 26.2 Å². The quantitative estimate of drug-likeness (QED) is 0.777. The van der Waals surface area contributed by atoms with E-state index in [0.717, 1.165) is 17.5 Å². The molecule has 1 aromatic heterocycles. The second-order valence-corrected chi connectivity index (χ2v) is 8.37. The van der Waals surface area contributed by atoms with Crippen molar-refractivity contribution in [2.75, 3.05) is 31.9 Å². The summed E-state index contributed by atoms with van der Waals surface area (Å²) in [7, 11) is -3.20. The Labute approximate surface area is 147 Å². The number of hydrogen-bond acceptors (Lipinski definition) is 5. The van der Waals surface area contributed by atoms with E-state index in [1.54, 1.807) is 4.90 Å². The summed E-state index contributed by atoms with van der Waals surface area (Å²) in [5, 5.41) is 0. The SMILES string of the molecule is CCCCS(=O)(=O)N1CCN(C(=O)Cc2ccc3ncoc3c2)CC1. The van der Waals surface area contributed by atoms with Crippen molar-refractivity contribution in [2.24, 2.45) is 0 Å². The van der Waals surface area contributed by atoms with E-state index in [2.05, 4.69) is 4.98 Å². The Morgan fingerprint density at radius 1 is 1.24 bits per heavy atom. The van der Waals surface area contributed by atoms with Gasteiger partial charge in [0.15, 0.2) is 12.0 Å². The van der Waals surface area contributed by atoms with Gasteiger partial charge in [0.2, 0.25) is 15.9 Å². The normalized spacial score (nSPS) is 16.4. The van der Waals surface area contributed by atoms with Gasteiger partial charge in [-0.2, -0.15) is 4.31 Å². The third-order valence-corrected chi connectivity index (χ3v) is 6.45. The van der Waals surface area contributed by atoms with Gasteiger partial charge in [0.1, 0.15) is 5.52 Å². The maximum absolute atomic E-state index is 12.5. The van der Waals surface area contributed by atoms with Crippen LogP contribution in [0.5, 0.6) is 0 Å². The second-order valence-electron chi connectivity index (χ2n) is 6.28. The van der Waals surface area contributed by atoms with Crippen LogP contribution >= 0.6 is 0 Å². The number of sulfonamides is 1. The number of hydrogen-bond donors (Lipinski definition) is 0. The number of carbonyl (C=O) groups is 1. The van der Waals surface area contributed by atoms with Gasteiger partial charge in [0, 0.05) is 26.2 Å². The number of rotatable bonds is 6. The zero-order valence-corrected chi connectivity index (χ0v) is 15.2. The molecule has 0 spiro atoms. The average molecular weight is 365 g/mol. The zero-order chi connectivity index (χ0) is 17.9. The number of unbranched alkanes of at least 4 members (excludes halogenated alkanes) is 1. The maximum Gasteiger partial charge on any atom is 0.227 e. The summed E-state index contributed by atoms with van der Waals surface area (Å²) in [5.74, 6) is 0.193. The monoisotopic (exact) mass is 365 g/mol. The highest BCUT2D eigenvalue weighted by Gasteiger charge is 2.28. The molecule has 1 amide bonds. The van der Waals surface area contributed by atoms with E-state index in [1.165, 1.54) is 10.7 Å².